The van der Waals surface area contributed by atoms with E-state index < -0.39 is 0 Å². The van der Waals surface area contributed by atoms with Crippen LogP contribution in [0, 0.1) is 5.92 Å². The minimum Gasteiger partial charge on any atom is -0.356 e. The highest BCUT2D eigenvalue weighted by Gasteiger charge is 2.25. The lowest BCUT2D eigenvalue weighted by molar-refractivity contribution is 0.0903. The van der Waals surface area contributed by atoms with Crippen LogP contribution in [0.25, 0.3) is 0 Å². The van der Waals surface area contributed by atoms with E-state index in [0.29, 0.717) is 18.2 Å². The van der Waals surface area contributed by atoms with Crippen LogP contribution in [-0.4, -0.2) is 23.5 Å². The van der Waals surface area contributed by atoms with Gasteiger partial charge in [0.25, 0.3) is 5.91 Å². The van der Waals surface area contributed by atoms with Crippen LogP contribution in [0.1, 0.15) is 36.2 Å². The molecule has 17 heavy (non-hydrogen) atoms. The zero-order valence-electron chi connectivity index (χ0n) is 9.71. The maximum atomic E-state index is 12.0. The van der Waals surface area contributed by atoms with Crippen molar-refractivity contribution >= 4 is 21.8 Å². The monoisotopic (exact) mass is 299 g/mol. The SMILES string of the molecule is NCC1CCCCC1NC(=O)c1cc(Br)c[nH]1. The first kappa shape index (κ1) is 12.6. The normalized spacial score (nSPS) is 24.6. The number of aromatic amines is 1. The molecule has 1 amide bonds. The van der Waals surface area contributed by atoms with E-state index in [1.165, 1.54) is 12.8 Å². The van der Waals surface area contributed by atoms with Crippen molar-refractivity contribution in [2.45, 2.75) is 31.7 Å². The third kappa shape index (κ3) is 3.10. The third-order valence-electron chi connectivity index (χ3n) is 3.42. The van der Waals surface area contributed by atoms with Gasteiger partial charge in [-0.05, 0) is 47.3 Å². The first-order chi connectivity index (χ1) is 8.20. The molecule has 0 radical (unpaired) electrons. The number of halogens is 1. The van der Waals surface area contributed by atoms with Gasteiger partial charge in [0.2, 0.25) is 0 Å². The first-order valence-electron chi connectivity index (χ1n) is 6.05. The molecule has 2 atom stereocenters. The summed E-state index contributed by atoms with van der Waals surface area (Å²) >= 11 is 3.32. The number of rotatable bonds is 3. The summed E-state index contributed by atoms with van der Waals surface area (Å²) in [7, 11) is 0. The number of hydrogen-bond acceptors (Lipinski definition) is 2. The number of amides is 1. The van der Waals surface area contributed by atoms with Crippen molar-refractivity contribution in [1.29, 1.82) is 0 Å². The summed E-state index contributed by atoms with van der Waals surface area (Å²) in [5.74, 6) is 0.382. The van der Waals surface area contributed by atoms with E-state index in [2.05, 4.69) is 26.2 Å². The van der Waals surface area contributed by atoms with Crippen LogP contribution in [0.4, 0.5) is 0 Å². The average molecular weight is 300 g/mol. The Labute approximate surface area is 109 Å². The molecule has 94 valence electrons. The Bertz CT molecular complexity index is 391. The van der Waals surface area contributed by atoms with Gasteiger partial charge in [-0.25, -0.2) is 0 Å². The summed E-state index contributed by atoms with van der Waals surface area (Å²) in [6.45, 7) is 0.652. The van der Waals surface area contributed by atoms with E-state index in [-0.39, 0.29) is 11.9 Å². The molecule has 0 bridgehead atoms. The Morgan fingerprint density at radius 1 is 1.53 bits per heavy atom. The number of H-pyrrole nitrogens is 1. The molecule has 1 saturated carbocycles. The van der Waals surface area contributed by atoms with Gasteiger partial charge in [-0.15, -0.1) is 0 Å². The van der Waals surface area contributed by atoms with E-state index in [0.717, 1.165) is 17.3 Å². The van der Waals surface area contributed by atoms with Crippen LogP contribution in [0.15, 0.2) is 16.7 Å². The van der Waals surface area contributed by atoms with Crippen molar-refractivity contribution in [3.8, 4) is 0 Å². The number of carbonyl (C=O) groups excluding carboxylic acids is 1. The van der Waals surface area contributed by atoms with Gasteiger partial charge in [0.15, 0.2) is 0 Å². The van der Waals surface area contributed by atoms with E-state index in [1.807, 2.05) is 0 Å². The fourth-order valence-electron chi connectivity index (χ4n) is 2.42. The van der Waals surface area contributed by atoms with Gasteiger partial charge in [-0.1, -0.05) is 12.8 Å². The molecule has 0 saturated heterocycles. The lowest BCUT2D eigenvalue weighted by atomic mass is 9.84. The van der Waals surface area contributed by atoms with Gasteiger partial charge >= 0.3 is 0 Å². The molecule has 4 nitrogen and oxygen atoms in total. The molecule has 5 heteroatoms. The summed E-state index contributed by atoms with van der Waals surface area (Å²) in [6.07, 6.45) is 6.32. The molecule has 1 fully saturated rings. The second-order valence-electron chi connectivity index (χ2n) is 4.59. The molecule has 1 aromatic rings. The summed E-state index contributed by atoms with van der Waals surface area (Å²) in [6, 6.07) is 2.01. The Morgan fingerprint density at radius 3 is 2.94 bits per heavy atom. The predicted octanol–water partition coefficient (Wildman–Crippen LogP) is 2.02. The molecule has 2 rings (SSSR count). The summed E-state index contributed by atoms with van der Waals surface area (Å²) in [5, 5.41) is 3.08. The van der Waals surface area contributed by atoms with Crippen LogP contribution in [0.3, 0.4) is 0 Å². The smallest absolute Gasteiger partial charge is 0.267 e. The van der Waals surface area contributed by atoms with Crippen LogP contribution in [0.5, 0.6) is 0 Å². The molecule has 1 aliphatic rings. The lowest BCUT2D eigenvalue weighted by Gasteiger charge is -2.31. The van der Waals surface area contributed by atoms with Crippen molar-refractivity contribution in [3.63, 3.8) is 0 Å². The van der Waals surface area contributed by atoms with Gasteiger partial charge in [0, 0.05) is 16.7 Å². The Balaban J connectivity index is 1.97. The highest BCUT2D eigenvalue weighted by atomic mass is 79.9. The van der Waals surface area contributed by atoms with Gasteiger partial charge < -0.3 is 16.0 Å². The number of nitrogens with two attached hydrogens (primary N) is 1. The average Bonchev–Trinajstić information content (AvgIpc) is 2.77. The Kier molecular flexibility index (Phi) is 4.23. The number of hydrogen-bond donors (Lipinski definition) is 3. The number of nitrogens with one attached hydrogen (secondary N) is 2. The molecule has 1 aliphatic carbocycles. The van der Waals surface area contributed by atoms with E-state index in [4.69, 9.17) is 5.73 Å². The maximum absolute atomic E-state index is 12.0. The summed E-state index contributed by atoms with van der Waals surface area (Å²) in [4.78, 5) is 14.9. The highest BCUT2D eigenvalue weighted by molar-refractivity contribution is 9.10. The molecular formula is C12H18BrN3O. The largest absolute Gasteiger partial charge is 0.356 e. The van der Waals surface area contributed by atoms with Gasteiger partial charge in [-0.3, -0.25) is 4.79 Å². The second kappa shape index (κ2) is 5.69. The van der Waals surface area contributed by atoms with Crippen molar-refractivity contribution in [1.82, 2.24) is 10.3 Å². The standard InChI is InChI=1S/C12H18BrN3O/c13-9-5-11(15-7-9)12(17)16-10-4-2-1-3-8(10)6-14/h5,7-8,10,15H,1-4,6,14H2,(H,16,17). The first-order valence-corrected chi connectivity index (χ1v) is 6.85. The van der Waals surface area contributed by atoms with Gasteiger partial charge in [-0.2, -0.15) is 0 Å². The minimum absolute atomic E-state index is 0.0407. The summed E-state index contributed by atoms with van der Waals surface area (Å²) < 4.78 is 0.890. The zero-order valence-corrected chi connectivity index (χ0v) is 11.3. The number of carbonyl (C=O) groups is 1. The van der Waals surface area contributed by atoms with Gasteiger partial charge in [0.05, 0.1) is 0 Å². The van der Waals surface area contributed by atoms with Gasteiger partial charge in [0.1, 0.15) is 5.69 Å². The molecule has 1 heterocycles. The van der Waals surface area contributed by atoms with Crippen molar-refractivity contribution < 1.29 is 4.79 Å². The predicted molar refractivity (Wildman–Crippen MR) is 70.8 cm³/mol. The maximum Gasteiger partial charge on any atom is 0.267 e. The fourth-order valence-corrected chi connectivity index (χ4v) is 2.77. The Hall–Kier alpha value is -0.810. The van der Waals surface area contributed by atoms with Crippen molar-refractivity contribution in [3.05, 3.63) is 22.4 Å². The fraction of sp³-hybridized carbons (Fsp3) is 0.583. The van der Waals surface area contributed by atoms with Crippen LogP contribution < -0.4 is 11.1 Å². The summed E-state index contributed by atoms with van der Waals surface area (Å²) in [5.41, 5.74) is 6.34. The number of aromatic nitrogens is 1. The minimum atomic E-state index is -0.0407. The Morgan fingerprint density at radius 2 is 2.29 bits per heavy atom. The van der Waals surface area contributed by atoms with Crippen LogP contribution in [0.2, 0.25) is 0 Å². The second-order valence-corrected chi connectivity index (χ2v) is 5.51. The van der Waals surface area contributed by atoms with E-state index >= 15 is 0 Å². The topological polar surface area (TPSA) is 70.9 Å². The van der Waals surface area contributed by atoms with Crippen molar-refractivity contribution in [2.24, 2.45) is 11.7 Å². The van der Waals surface area contributed by atoms with Crippen LogP contribution >= 0.6 is 15.9 Å². The molecule has 4 N–H and O–H groups in total. The molecule has 2 unspecified atom stereocenters. The molecular weight excluding hydrogens is 282 g/mol. The molecule has 1 aromatic heterocycles. The van der Waals surface area contributed by atoms with E-state index in [9.17, 15) is 4.79 Å². The van der Waals surface area contributed by atoms with E-state index in [1.54, 1.807) is 12.3 Å². The molecule has 0 aliphatic heterocycles. The quantitative estimate of drug-likeness (QED) is 0.799. The van der Waals surface area contributed by atoms with Crippen LogP contribution in [-0.2, 0) is 0 Å². The zero-order chi connectivity index (χ0) is 12.3. The molecule has 0 spiro atoms. The lowest BCUT2D eigenvalue weighted by Crippen LogP contribution is -2.44. The molecule has 0 aromatic carbocycles. The highest BCUT2D eigenvalue weighted by Crippen LogP contribution is 2.23. The van der Waals surface area contributed by atoms with Crippen molar-refractivity contribution in [2.75, 3.05) is 6.54 Å². The third-order valence-corrected chi connectivity index (χ3v) is 3.88.